The zero-order valence-corrected chi connectivity index (χ0v) is 29.3. The highest BCUT2D eigenvalue weighted by atomic mass is 35.5. The van der Waals surface area contributed by atoms with Crippen molar-refractivity contribution in [3.63, 3.8) is 0 Å². The van der Waals surface area contributed by atoms with Crippen LogP contribution < -0.4 is 20.1 Å². The molecule has 0 saturated carbocycles. The molecule has 2 aliphatic rings. The molecule has 4 heterocycles. The van der Waals surface area contributed by atoms with Crippen molar-refractivity contribution < 1.29 is 19.4 Å². The van der Waals surface area contributed by atoms with Crippen LogP contribution in [-0.4, -0.2) is 71.9 Å². The van der Waals surface area contributed by atoms with E-state index in [1.54, 1.807) is 33.4 Å². The highest BCUT2D eigenvalue weighted by Gasteiger charge is 2.25. The lowest BCUT2D eigenvalue weighted by molar-refractivity contribution is -0.119. The number of β-amino-alcohol motifs (C(OH)–C–C–N with tert-alkyl or cyclic N) is 1. The van der Waals surface area contributed by atoms with Crippen LogP contribution >= 0.6 is 34.8 Å². The summed E-state index contributed by atoms with van der Waals surface area (Å²) in [6, 6.07) is 13.5. The van der Waals surface area contributed by atoms with Crippen LogP contribution in [0.15, 0.2) is 48.7 Å². The summed E-state index contributed by atoms with van der Waals surface area (Å²) in [5.41, 5.74) is 7.18. The number of rotatable bonds is 11. The van der Waals surface area contributed by atoms with Crippen molar-refractivity contribution in [3.05, 3.63) is 80.4 Å². The lowest BCUT2D eigenvalue weighted by atomic mass is 9.93. The molecule has 2 atom stereocenters. The van der Waals surface area contributed by atoms with Crippen LogP contribution in [-0.2, 0) is 24.3 Å². The highest BCUT2D eigenvalue weighted by Crippen LogP contribution is 2.43. The van der Waals surface area contributed by atoms with E-state index in [9.17, 15) is 9.90 Å². The molecule has 6 rings (SSSR count). The molecule has 48 heavy (non-hydrogen) atoms. The maximum atomic E-state index is 11.5. The molecule has 1 fully saturated rings. The minimum absolute atomic E-state index is 0.0763. The largest absolute Gasteiger partial charge is 0.496 e. The third-order valence-corrected chi connectivity index (χ3v) is 9.98. The number of aromatic nitrogens is 2. The van der Waals surface area contributed by atoms with E-state index >= 15 is 0 Å². The zero-order chi connectivity index (χ0) is 33.9. The Morgan fingerprint density at radius 2 is 1.85 bits per heavy atom. The van der Waals surface area contributed by atoms with Crippen molar-refractivity contribution in [1.29, 1.82) is 0 Å². The molecular weight excluding hydrogens is 673 g/mol. The fourth-order valence-electron chi connectivity index (χ4n) is 6.51. The number of carbonyl (C=O) groups excluding carboxylic acids is 1. The molecule has 3 N–H and O–H groups in total. The molecule has 9 nitrogen and oxygen atoms in total. The van der Waals surface area contributed by atoms with Crippen LogP contribution in [0, 0.1) is 0 Å². The maximum absolute atomic E-state index is 11.5. The number of carbonyl (C=O) groups is 1. The fraction of sp³-hybridized carbons (Fsp3) is 0.361. The number of nitrogens with one attached hydrogen (secondary N) is 2. The van der Waals surface area contributed by atoms with Gasteiger partial charge in [0.25, 0.3) is 0 Å². The van der Waals surface area contributed by atoms with Crippen LogP contribution in [0.2, 0.25) is 15.1 Å². The molecular formula is C36H38Cl3N5O4. The molecule has 0 radical (unpaired) electrons. The summed E-state index contributed by atoms with van der Waals surface area (Å²) in [6.07, 6.45) is 3.50. The standard InChI is InChI=1S/C36H38Cl3N5O4/c1-20(45)18-44-12-10-21-13-22(14-31(47-2)28(21)19-44)35-34(39)25(9-11-41-35)24-5-4-6-26(33(24)38)30-15-29(37)27(36(43-30)48-3)17-40-16-23-7-8-32(46)42-23/h4-6,9,11,13-15,20,23,40,45H,7-8,10,12,16-19H2,1-3H3,(H,42,46)/t20-,23+/m0/s1. The third-order valence-electron chi connectivity index (χ3n) is 8.85. The van der Waals surface area contributed by atoms with Gasteiger partial charge in [-0.2, -0.15) is 0 Å². The van der Waals surface area contributed by atoms with Crippen molar-refractivity contribution in [3.8, 4) is 45.3 Å². The summed E-state index contributed by atoms with van der Waals surface area (Å²) in [7, 11) is 3.22. The van der Waals surface area contributed by atoms with Crippen LogP contribution in [0.5, 0.6) is 11.6 Å². The van der Waals surface area contributed by atoms with Gasteiger partial charge in [0.15, 0.2) is 0 Å². The Kier molecular flexibility index (Phi) is 10.7. The zero-order valence-electron chi connectivity index (χ0n) is 27.1. The van der Waals surface area contributed by atoms with E-state index in [1.807, 2.05) is 30.3 Å². The first-order valence-electron chi connectivity index (χ1n) is 15.9. The van der Waals surface area contributed by atoms with E-state index in [0.29, 0.717) is 70.5 Å². The Morgan fingerprint density at radius 1 is 1.06 bits per heavy atom. The van der Waals surface area contributed by atoms with E-state index < -0.39 is 6.10 Å². The Balaban J connectivity index is 1.29. The number of hydrogen-bond acceptors (Lipinski definition) is 8. The summed E-state index contributed by atoms with van der Waals surface area (Å²) in [5.74, 6) is 1.23. The second kappa shape index (κ2) is 15.0. The van der Waals surface area contributed by atoms with Gasteiger partial charge in [-0.3, -0.25) is 14.7 Å². The van der Waals surface area contributed by atoms with Crippen molar-refractivity contribution in [2.24, 2.45) is 0 Å². The molecule has 2 aromatic heterocycles. The number of aliphatic hydroxyl groups is 1. The number of amides is 1. The van der Waals surface area contributed by atoms with Crippen molar-refractivity contribution in [1.82, 2.24) is 25.5 Å². The van der Waals surface area contributed by atoms with Crippen molar-refractivity contribution >= 4 is 40.7 Å². The van der Waals surface area contributed by atoms with Gasteiger partial charge in [0.1, 0.15) is 5.75 Å². The smallest absolute Gasteiger partial charge is 0.220 e. The Morgan fingerprint density at radius 3 is 2.58 bits per heavy atom. The van der Waals surface area contributed by atoms with E-state index in [2.05, 4.69) is 26.6 Å². The van der Waals surface area contributed by atoms with Crippen LogP contribution in [0.1, 0.15) is 36.5 Å². The predicted molar refractivity (Wildman–Crippen MR) is 190 cm³/mol. The number of methoxy groups -OCH3 is 2. The van der Waals surface area contributed by atoms with E-state index in [-0.39, 0.29) is 11.9 Å². The highest BCUT2D eigenvalue weighted by molar-refractivity contribution is 6.39. The van der Waals surface area contributed by atoms with Crippen molar-refractivity contribution in [2.45, 2.75) is 51.4 Å². The van der Waals surface area contributed by atoms with Gasteiger partial charge < -0.3 is 25.2 Å². The summed E-state index contributed by atoms with van der Waals surface area (Å²) >= 11 is 21.0. The van der Waals surface area contributed by atoms with Gasteiger partial charge in [0.05, 0.1) is 46.8 Å². The fourth-order valence-corrected chi connectivity index (χ4v) is 7.41. The van der Waals surface area contributed by atoms with Gasteiger partial charge in [0, 0.05) is 84.8 Å². The van der Waals surface area contributed by atoms with Gasteiger partial charge in [0.2, 0.25) is 11.8 Å². The molecule has 12 heteroatoms. The third kappa shape index (κ3) is 7.27. The lowest BCUT2D eigenvalue weighted by Crippen LogP contribution is -2.35. The summed E-state index contributed by atoms with van der Waals surface area (Å²) in [5, 5.41) is 17.6. The van der Waals surface area contributed by atoms with Crippen LogP contribution in [0.4, 0.5) is 0 Å². The molecule has 0 bridgehead atoms. The molecule has 1 saturated heterocycles. The molecule has 2 aromatic carbocycles. The summed E-state index contributed by atoms with van der Waals surface area (Å²) in [6.45, 7) is 5.01. The quantitative estimate of drug-likeness (QED) is 0.161. The molecule has 1 amide bonds. The van der Waals surface area contributed by atoms with Gasteiger partial charge in [-0.1, -0.05) is 53.0 Å². The first-order chi connectivity index (χ1) is 23.2. The first kappa shape index (κ1) is 34.4. The van der Waals surface area contributed by atoms with E-state index in [1.165, 1.54) is 5.56 Å². The van der Waals surface area contributed by atoms with Gasteiger partial charge in [-0.15, -0.1) is 0 Å². The van der Waals surface area contributed by atoms with E-state index in [0.717, 1.165) is 53.0 Å². The van der Waals surface area contributed by atoms with Crippen molar-refractivity contribution in [2.75, 3.05) is 33.9 Å². The monoisotopic (exact) mass is 709 g/mol. The molecule has 0 unspecified atom stereocenters. The molecule has 4 aromatic rings. The first-order valence-corrected chi connectivity index (χ1v) is 17.1. The van der Waals surface area contributed by atoms with Crippen LogP contribution in [0.25, 0.3) is 33.6 Å². The average molecular weight is 711 g/mol. The number of fused-ring (bicyclic) bond motifs is 1. The summed E-state index contributed by atoms with van der Waals surface area (Å²) < 4.78 is 11.5. The number of aliphatic hydroxyl groups excluding tert-OH is 1. The second-order valence-electron chi connectivity index (χ2n) is 12.2. The Hall–Kier alpha value is -3.44. The lowest BCUT2D eigenvalue weighted by Gasteiger charge is -2.31. The van der Waals surface area contributed by atoms with Gasteiger partial charge >= 0.3 is 0 Å². The average Bonchev–Trinajstić information content (AvgIpc) is 3.49. The number of pyridine rings is 2. The molecule has 252 valence electrons. The van der Waals surface area contributed by atoms with Gasteiger partial charge in [-0.05, 0) is 49.6 Å². The number of nitrogens with zero attached hydrogens (tertiary/aromatic N) is 3. The molecule has 0 aliphatic carbocycles. The maximum Gasteiger partial charge on any atom is 0.220 e. The predicted octanol–water partition coefficient (Wildman–Crippen LogP) is 6.56. The SMILES string of the molecule is COc1cc(-c2nccc(-c3cccc(-c4cc(Cl)c(CNC[C@H]5CCC(=O)N5)c(OC)n4)c3Cl)c2Cl)cc2c1CN(C[C@H](C)O)CC2. The number of ether oxygens (including phenoxy) is 2. The minimum atomic E-state index is -0.400. The number of hydrogen-bond donors (Lipinski definition) is 3. The van der Waals surface area contributed by atoms with E-state index in [4.69, 9.17) is 49.3 Å². The summed E-state index contributed by atoms with van der Waals surface area (Å²) in [4.78, 5) is 23.2. The minimum Gasteiger partial charge on any atom is -0.496 e. The Labute approximate surface area is 295 Å². The molecule has 0 spiro atoms. The molecule has 2 aliphatic heterocycles. The Bertz CT molecular complexity index is 1820. The number of benzene rings is 2. The second-order valence-corrected chi connectivity index (χ2v) is 13.4. The van der Waals surface area contributed by atoms with Gasteiger partial charge in [-0.25, -0.2) is 4.98 Å². The number of halogens is 3. The normalized spacial score (nSPS) is 16.8. The van der Waals surface area contributed by atoms with Crippen LogP contribution in [0.3, 0.4) is 0 Å². The topological polar surface area (TPSA) is 109 Å².